The number of carbonyl (C=O) groups excluding carboxylic acids is 2. The van der Waals surface area contributed by atoms with Crippen molar-refractivity contribution in [2.75, 3.05) is 18.6 Å². The second-order valence-corrected chi connectivity index (χ2v) is 8.66. The van der Waals surface area contributed by atoms with Gasteiger partial charge in [-0.3, -0.25) is 14.7 Å². The maximum atomic E-state index is 12.5. The van der Waals surface area contributed by atoms with Crippen molar-refractivity contribution in [2.24, 2.45) is 0 Å². The van der Waals surface area contributed by atoms with Crippen LogP contribution in [0.15, 0.2) is 48.5 Å². The van der Waals surface area contributed by atoms with E-state index >= 15 is 0 Å². The molecule has 2 amide bonds. The molecule has 2 aromatic carbocycles. The predicted octanol–water partition coefficient (Wildman–Crippen LogP) is 2.31. The summed E-state index contributed by atoms with van der Waals surface area (Å²) in [4.78, 5) is 29.6. The molecular weight excluding hydrogens is 446 g/mol. The van der Waals surface area contributed by atoms with E-state index in [9.17, 15) is 14.7 Å². The molecule has 0 bridgehead atoms. The molecule has 0 aliphatic heterocycles. The third-order valence-corrected chi connectivity index (χ3v) is 4.83. The minimum Gasteiger partial charge on any atom is -0.489 e. The van der Waals surface area contributed by atoms with E-state index in [2.05, 4.69) is 32.3 Å². The third kappa shape index (κ3) is 7.69. The van der Waals surface area contributed by atoms with Crippen molar-refractivity contribution < 1.29 is 19.4 Å². The first kappa shape index (κ1) is 25.5. The molecule has 0 fully saturated rings. The molecule has 0 aliphatic rings. The van der Waals surface area contributed by atoms with Crippen LogP contribution in [0, 0.1) is 11.8 Å². The van der Waals surface area contributed by atoms with Gasteiger partial charge in [0.2, 0.25) is 12.2 Å². The molecular formula is C26H29N5O4. The zero-order valence-corrected chi connectivity index (χ0v) is 20.2. The Kier molecular flexibility index (Phi) is 8.23. The van der Waals surface area contributed by atoms with Gasteiger partial charge in [-0.1, -0.05) is 42.2 Å². The summed E-state index contributed by atoms with van der Waals surface area (Å²) in [6.45, 7) is 5.13. The first-order valence-corrected chi connectivity index (χ1v) is 11.1. The van der Waals surface area contributed by atoms with Crippen LogP contribution in [0.3, 0.4) is 0 Å². The quantitative estimate of drug-likeness (QED) is 0.323. The molecule has 0 radical (unpaired) electrons. The number of benzene rings is 2. The molecule has 1 aromatic heterocycles. The van der Waals surface area contributed by atoms with Crippen molar-refractivity contribution >= 4 is 18.0 Å². The molecule has 0 saturated carbocycles. The first-order valence-electron chi connectivity index (χ1n) is 11.1. The molecule has 3 N–H and O–H groups in total. The standard InChI is InChI=1S/C26H29N5O4/c1-18(27-25(33)24-28-23(29-30-24)15-19-8-6-5-7-9-19)16-35-22-11-10-20(12-13-26(2,3)34)14-21(22)31(4)17-32/h5-11,14,17-18,34H,15-16H2,1-4H3,(H,27,33)(H,28,29,30). The van der Waals surface area contributed by atoms with Crippen LogP contribution in [0.4, 0.5) is 5.69 Å². The molecule has 1 atom stereocenters. The van der Waals surface area contributed by atoms with E-state index in [1.807, 2.05) is 30.3 Å². The van der Waals surface area contributed by atoms with E-state index in [-0.39, 0.29) is 18.5 Å². The molecule has 35 heavy (non-hydrogen) atoms. The fourth-order valence-corrected chi connectivity index (χ4v) is 3.08. The average Bonchev–Trinajstić information content (AvgIpc) is 3.30. The largest absolute Gasteiger partial charge is 0.489 e. The number of rotatable bonds is 9. The van der Waals surface area contributed by atoms with Crippen molar-refractivity contribution in [1.82, 2.24) is 20.5 Å². The molecule has 1 heterocycles. The van der Waals surface area contributed by atoms with E-state index in [1.165, 1.54) is 4.90 Å². The fourth-order valence-electron chi connectivity index (χ4n) is 3.08. The fraction of sp³-hybridized carbons (Fsp3) is 0.308. The zero-order chi connectivity index (χ0) is 25.4. The summed E-state index contributed by atoms with van der Waals surface area (Å²) in [6.07, 6.45) is 1.21. The van der Waals surface area contributed by atoms with Gasteiger partial charge in [0.1, 0.15) is 23.8 Å². The number of amides is 2. The van der Waals surface area contributed by atoms with Crippen molar-refractivity contribution in [3.05, 3.63) is 71.3 Å². The number of hydrogen-bond donors (Lipinski definition) is 3. The lowest BCUT2D eigenvalue weighted by Gasteiger charge is -2.19. The second kappa shape index (κ2) is 11.3. The molecule has 3 rings (SSSR count). The van der Waals surface area contributed by atoms with E-state index < -0.39 is 11.5 Å². The maximum absolute atomic E-state index is 12.5. The number of aromatic nitrogens is 3. The molecule has 182 valence electrons. The molecule has 0 saturated heterocycles. The van der Waals surface area contributed by atoms with Crippen LogP contribution in [-0.2, 0) is 11.2 Å². The van der Waals surface area contributed by atoms with Crippen LogP contribution in [-0.4, -0.2) is 57.9 Å². The summed E-state index contributed by atoms with van der Waals surface area (Å²) in [5.41, 5.74) is 1.07. The minimum absolute atomic E-state index is 0.0545. The van der Waals surface area contributed by atoms with Gasteiger partial charge in [-0.15, -0.1) is 5.10 Å². The number of hydrogen-bond acceptors (Lipinski definition) is 6. The number of anilines is 1. The summed E-state index contributed by atoms with van der Waals surface area (Å²) in [5, 5.41) is 19.4. The SMILES string of the molecule is CC(COc1ccc(C#CC(C)(C)O)cc1N(C)C=O)NC(=O)c1n[nH]c(Cc2ccccc2)n1. The van der Waals surface area contributed by atoms with Crippen molar-refractivity contribution in [1.29, 1.82) is 0 Å². The van der Waals surface area contributed by atoms with Crippen molar-refractivity contribution in [3.8, 4) is 17.6 Å². The highest BCUT2D eigenvalue weighted by molar-refractivity contribution is 5.90. The molecule has 9 heteroatoms. The monoisotopic (exact) mass is 475 g/mol. The van der Waals surface area contributed by atoms with Crippen LogP contribution in [0.25, 0.3) is 0 Å². The lowest BCUT2D eigenvalue weighted by Crippen LogP contribution is -2.37. The topological polar surface area (TPSA) is 120 Å². The number of aliphatic hydroxyl groups is 1. The predicted molar refractivity (Wildman–Crippen MR) is 132 cm³/mol. The van der Waals surface area contributed by atoms with E-state index in [0.29, 0.717) is 35.7 Å². The Bertz CT molecular complexity index is 1220. The molecule has 0 aliphatic carbocycles. The number of nitrogens with one attached hydrogen (secondary N) is 2. The van der Waals surface area contributed by atoms with Crippen molar-refractivity contribution in [3.63, 3.8) is 0 Å². The summed E-state index contributed by atoms with van der Waals surface area (Å²) in [6, 6.07) is 14.6. The molecule has 3 aromatic rings. The number of carbonyl (C=O) groups is 2. The van der Waals surface area contributed by atoms with E-state index in [1.54, 1.807) is 46.0 Å². The summed E-state index contributed by atoms with van der Waals surface area (Å²) < 4.78 is 5.88. The Morgan fingerprint density at radius 1 is 1.29 bits per heavy atom. The van der Waals surface area contributed by atoms with Gasteiger partial charge in [0.15, 0.2) is 0 Å². The zero-order valence-electron chi connectivity index (χ0n) is 20.2. The van der Waals surface area contributed by atoms with Crippen LogP contribution in [0.1, 0.15) is 48.3 Å². The molecule has 9 nitrogen and oxygen atoms in total. The normalized spacial score (nSPS) is 11.7. The highest BCUT2D eigenvalue weighted by atomic mass is 16.5. The van der Waals surface area contributed by atoms with Gasteiger partial charge in [-0.05, 0) is 44.5 Å². The van der Waals surface area contributed by atoms with Gasteiger partial charge in [0, 0.05) is 19.0 Å². The van der Waals surface area contributed by atoms with Gasteiger partial charge in [0.05, 0.1) is 11.7 Å². The number of nitrogens with zero attached hydrogens (tertiary/aromatic N) is 3. The molecule has 1 unspecified atom stereocenters. The smallest absolute Gasteiger partial charge is 0.291 e. The van der Waals surface area contributed by atoms with Gasteiger partial charge in [0.25, 0.3) is 5.91 Å². The van der Waals surface area contributed by atoms with Gasteiger partial charge < -0.3 is 20.1 Å². The van der Waals surface area contributed by atoms with Crippen LogP contribution in [0.2, 0.25) is 0 Å². The Labute approximate surface area is 204 Å². The second-order valence-electron chi connectivity index (χ2n) is 8.66. The average molecular weight is 476 g/mol. The summed E-state index contributed by atoms with van der Waals surface area (Å²) in [5.74, 6) is 6.32. The highest BCUT2D eigenvalue weighted by Crippen LogP contribution is 2.28. The van der Waals surface area contributed by atoms with Crippen LogP contribution < -0.4 is 15.0 Å². The Balaban J connectivity index is 1.61. The highest BCUT2D eigenvalue weighted by Gasteiger charge is 2.17. The molecule has 0 spiro atoms. The Hall–Kier alpha value is -4.16. The Morgan fingerprint density at radius 3 is 2.71 bits per heavy atom. The van der Waals surface area contributed by atoms with Crippen LogP contribution >= 0.6 is 0 Å². The van der Waals surface area contributed by atoms with Crippen molar-refractivity contribution in [2.45, 2.75) is 38.8 Å². The van der Waals surface area contributed by atoms with E-state index in [0.717, 1.165) is 5.56 Å². The summed E-state index contributed by atoms with van der Waals surface area (Å²) in [7, 11) is 1.60. The minimum atomic E-state index is -1.13. The Morgan fingerprint density at radius 2 is 2.03 bits per heavy atom. The maximum Gasteiger partial charge on any atom is 0.291 e. The third-order valence-electron chi connectivity index (χ3n) is 4.83. The van der Waals surface area contributed by atoms with Gasteiger partial charge in [-0.2, -0.15) is 0 Å². The van der Waals surface area contributed by atoms with Gasteiger partial charge >= 0.3 is 0 Å². The number of H-pyrrole nitrogens is 1. The number of aromatic amines is 1. The lowest BCUT2D eigenvalue weighted by atomic mass is 10.1. The first-order chi connectivity index (χ1) is 16.6. The lowest BCUT2D eigenvalue weighted by molar-refractivity contribution is -0.107. The van der Waals surface area contributed by atoms with Gasteiger partial charge in [-0.25, -0.2) is 4.98 Å². The summed E-state index contributed by atoms with van der Waals surface area (Å²) >= 11 is 0. The van der Waals surface area contributed by atoms with E-state index in [4.69, 9.17) is 4.74 Å². The number of ether oxygens (including phenoxy) is 1. The van der Waals surface area contributed by atoms with Crippen LogP contribution in [0.5, 0.6) is 5.75 Å².